The molecule has 0 saturated carbocycles. The summed E-state index contributed by atoms with van der Waals surface area (Å²) >= 11 is 2.26. The first-order chi connectivity index (χ1) is 10.3. The van der Waals surface area contributed by atoms with Gasteiger partial charge >= 0.3 is 0 Å². The summed E-state index contributed by atoms with van der Waals surface area (Å²) in [5.41, 5.74) is 0. The summed E-state index contributed by atoms with van der Waals surface area (Å²) in [6.45, 7) is 0. The van der Waals surface area contributed by atoms with Gasteiger partial charge in [-0.2, -0.15) is 0 Å². The largest absolute Gasteiger partial charge is 0.457 e. The van der Waals surface area contributed by atoms with Gasteiger partial charge in [-0.15, -0.1) is 0 Å². The highest BCUT2D eigenvalue weighted by molar-refractivity contribution is 14.1. The van der Waals surface area contributed by atoms with Gasteiger partial charge in [0.2, 0.25) is 0 Å². The lowest BCUT2D eigenvalue weighted by Crippen LogP contribution is -1.87. The molecule has 0 N–H and O–H groups in total. The van der Waals surface area contributed by atoms with Gasteiger partial charge in [0.1, 0.15) is 23.0 Å². The average molecular weight is 388 g/mol. The van der Waals surface area contributed by atoms with Crippen LogP contribution in [0.4, 0.5) is 0 Å². The third kappa shape index (κ3) is 3.76. The molecule has 3 heteroatoms. The van der Waals surface area contributed by atoms with Crippen molar-refractivity contribution >= 4 is 22.6 Å². The van der Waals surface area contributed by atoms with E-state index in [1.54, 1.807) is 0 Å². The van der Waals surface area contributed by atoms with Crippen molar-refractivity contribution in [2.24, 2.45) is 0 Å². The van der Waals surface area contributed by atoms with Gasteiger partial charge in [-0.3, -0.25) is 0 Å². The molecule has 0 aliphatic heterocycles. The van der Waals surface area contributed by atoms with Gasteiger partial charge in [0, 0.05) is 0 Å². The number of hydrogen-bond acceptors (Lipinski definition) is 2. The normalized spacial score (nSPS) is 10.1. The Morgan fingerprint density at radius 2 is 1.05 bits per heavy atom. The number of halogens is 1. The minimum Gasteiger partial charge on any atom is -0.457 e. The predicted molar refractivity (Wildman–Crippen MR) is 92.2 cm³/mol. The van der Waals surface area contributed by atoms with E-state index >= 15 is 0 Å². The molecular formula is C18H13IO2. The van der Waals surface area contributed by atoms with Gasteiger partial charge in [-0.05, 0) is 71.1 Å². The number of hydrogen-bond donors (Lipinski definition) is 0. The maximum Gasteiger partial charge on any atom is 0.140 e. The number of ether oxygens (including phenoxy) is 2. The van der Waals surface area contributed by atoms with Crippen molar-refractivity contribution in [2.75, 3.05) is 0 Å². The Bertz CT molecular complexity index is 709. The molecule has 0 aromatic heterocycles. The van der Waals surface area contributed by atoms with Gasteiger partial charge in [0.25, 0.3) is 0 Å². The molecule has 0 unspecified atom stereocenters. The number of para-hydroxylation sites is 2. The Morgan fingerprint density at radius 1 is 0.524 bits per heavy atom. The summed E-state index contributed by atoms with van der Waals surface area (Å²) in [6.07, 6.45) is 0. The van der Waals surface area contributed by atoms with E-state index in [1.807, 2.05) is 78.9 Å². The Kier molecular flexibility index (Phi) is 4.40. The molecule has 0 heterocycles. The van der Waals surface area contributed by atoms with E-state index in [1.165, 1.54) is 0 Å². The maximum atomic E-state index is 5.85. The molecular weight excluding hydrogens is 375 g/mol. The highest BCUT2D eigenvalue weighted by atomic mass is 127. The molecule has 0 amide bonds. The smallest absolute Gasteiger partial charge is 0.140 e. The van der Waals surface area contributed by atoms with E-state index < -0.39 is 0 Å². The van der Waals surface area contributed by atoms with Crippen molar-refractivity contribution < 1.29 is 9.47 Å². The summed E-state index contributed by atoms with van der Waals surface area (Å²) in [5, 5.41) is 0. The third-order valence-corrected chi connectivity index (χ3v) is 3.76. The molecule has 0 bridgehead atoms. The summed E-state index contributed by atoms with van der Waals surface area (Å²) in [4.78, 5) is 0. The van der Waals surface area contributed by atoms with Crippen LogP contribution in [-0.2, 0) is 0 Å². The van der Waals surface area contributed by atoms with E-state index in [0.29, 0.717) is 0 Å². The fourth-order valence-electron chi connectivity index (χ4n) is 1.85. The van der Waals surface area contributed by atoms with Crippen LogP contribution in [0.1, 0.15) is 0 Å². The van der Waals surface area contributed by atoms with Crippen LogP contribution in [0.3, 0.4) is 0 Å². The Hall–Kier alpha value is -2.01. The minimum absolute atomic E-state index is 0.788. The molecule has 104 valence electrons. The molecule has 2 nitrogen and oxygen atoms in total. The van der Waals surface area contributed by atoms with E-state index in [0.717, 1.165) is 26.6 Å². The standard InChI is InChI=1S/C18H13IO2/c19-17-8-4-5-9-18(17)21-16-12-10-15(11-13-16)20-14-6-2-1-3-7-14/h1-13H. The van der Waals surface area contributed by atoms with Crippen molar-refractivity contribution in [1.29, 1.82) is 0 Å². The van der Waals surface area contributed by atoms with Crippen molar-refractivity contribution in [3.63, 3.8) is 0 Å². The Labute approximate surface area is 137 Å². The van der Waals surface area contributed by atoms with Gasteiger partial charge in [0.15, 0.2) is 0 Å². The van der Waals surface area contributed by atoms with Crippen LogP contribution in [0.25, 0.3) is 0 Å². The minimum atomic E-state index is 0.788. The second-order valence-corrected chi connectivity index (χ2v) is 5.58. The van der Waals surface area contributed by atoms with Crippen LogP contribution in [0, 0.1) is 3.57 Å². The lowest BCUT2D eigenvalue weighted by molar-refractivity contribution is 0.467. The molecule has 0 atom stereocenters. The van der Waals surface area contributed by atoms with E-state index in [-0.39, 0.29) is 0 Å². The zero-order valence-electron chi connectivity index (χ0n) is 11.2. The molecule has 0 fully saturated rings. The van der Waals surface area contributed by atoms with Gasteiger partial charge < -0.3 is 9.47 Å². The third-order valence-electron chi connectivity index (χ3n) is 2.87. The van der Waals surface area contributed by atoms with Gasteiger partial charge in [-0.25, -0.2) is 0 Å². The predicted octanol–water partition coefficient (Wildman–Crippen LogP) is 5.88. The molecule has 0 aliphatic carbocycles. The highest BCUT2D eigenvalue weighted by Gasteiger charge is 2.02. The summed E-state index contributed by atoms with van der Waals surface area (Å²) in [5.74, 6) is 3.26. The van der Waals surface area contributed by atoms with Crippen LogP contribution < -0.4 is 9.47 Å². The topological polar surface area (TPSA) is 18.5 Å². The lowest BCUT2D eigenvalue weighted by atomic mass is 10.3. The van der Waals surface area contributed by atoms with Crippen LogP contribution in [-0.4, -0.2) is 0 Å². The Balaban J connectivity index is 1.71. The first-order valence-corrected chi connectivity index (χ1v) is 7.64. The van der Waals surface area contributed by atoms with E-state index in [4.69, 9.17) is 9.47 Å². The van der Waals surface area contributed by atoms with Gasteiger partial charge in [0.05, 0.1) is 3.57 Å². The summed E-state index contributed by atoms with van der Waals surface area (Å²) < 4.78 is 12.7. The van der Waals surface area contributed by atoms with Crippen LogP contribution in [0.5, 0.6) is 23.0 Å². The van der Waals surface area contributed by atoms with Crippen molar-refractivity contribution in [3.05, 3.63) is 82.4 Å². The Morgan fingerprint density at radius 3 is 1.71 bits per heavy atom. The zero-order chi connectivity index (χ0) is 14.5. The molecule has 3 rings (SSSR count). The zero-order valence-corrected chi connectivity index (χ0v) is 13.4. The monoisotopic (exact) mass is 388 g/mol. The van der Waals surface area contributed by atoms with Crippen molar-refractivity contribution in [2.45, 2.75) is 0 Å². The average Bonchev–Trinajstić information content (AvgIpc) is 2.52. The molecule has 0 aliphatic rings. The summed E-state index contributed by atoms with van der Waals surface area (Å²) in [7, 11) is 0. The molecule has 0 spiro atoms. The fourth-order valence-corrected chi connectivity index (χ4v) is 2.35. The fraction of sp³-hybridized carbons (Fsp3) is 0. The number of benzene rings is 3. The quantitative estimate of drug-likeness (QED) is 0.520. The molecule has 3 aromatic rings. The second-order valence-electron chi connectivity index (χ2n) is 4.42. The SMILES string of the molecule is Ic1ccccc1Oc1ccc(Oc2ccccc2)cc1. The number of rotatable bonds is 4. The molecule has 21 heavy (non-hydrogen) atoms. The first-order valence-electron chi connectivity index (χ1n) is 6.56. The molecule has 0 saturated heterocycles. The van der Waals surface area contributed by atoms with Crippen LogP contribution >= 0.6 is 22.6 Å². The second kappa shape index (κ2) is 6.63. The van der Waals surface area contributed by atoms with Crippen molar-refractivity contribution in [3.8, 4) is 23.0 Å². The van der Waals surface area contributed by atoms with E-state index in [9.17, 15) is 0 Å². The first kappa shape index (κ1) is 13.9. The van der Waals surface area contributed by atoms with Crippen LogP contribution in [0.15, 0.2) is 78.9 Å². The molecule has 0 radical (unpaired) electrons. The maximum absolute atomic E-state index is 5.85. The van der Waals surface area contributed by atoms with Crippen LogP contribution in [0.2, 0.25) is 0 Å². The lowest BCUT2D eigenvalue weighted by Gasteiger charge is -2.09. The van der Waals surface area contributed by atoms with E-state index in [2.05, 4.69) is 22.6 Å². The van der Waals surface area contributed by atoms with Crippen molar-refractivity contribution in [1.82, 2.24) is 0 Å². The summed E-state index contributed by atoms with van der Waals surface area (Å²) in [6, 6.07) is 25.3. The highest BCUT2D eigenvalue weighted by Crippen LogP contribution is 2.29. The molecule has 3 aromatic carbocycles. The van der Waals surface area contributed by atoms with Gasteiger partial charge in [-0.1, -0.05) is 30.3 Å².